The van der Waals surface area contributed by atoms with Gasteiger partial charge in [-0.2, -0.15) is 0 Å². The number of nitrogens with two attached hydrogens (primary N) is 1. The number of aromatic nitrogens is 2. The quantitative estimate of drug-likeness (QED) is 0.881. The number of fused-ring (bicyclic) bond motifs is 1. The van der Waals surface area contributed by atoms with Gasteiger partial charge in [-0.1, -0.05) is 18.2 Å². The molecule has 0 aliphatic carbocycles. The van der Waals surface area contributed by atoms with E-state index in [1.54, 1.807) is 0 Å². The van der Waals surface area contributed by atoms with Gasteiger partial charge >= 0.3 is 0 Å². The molecule has 2 aromatic rings. The molecule has 18 heavy (non-hydrogen) atoms. The van der Waals surface area contributed by atoms with Crippen molar-refractivity contribution in [3.63, 3.8) is 0 Å². The van der Waals surface area contributed by atoms with Gasteiger partial charge in [0.2, 0.25) is 0 Å². The van der Waals surface area contributed by atoms with Crippen LogP contribution >= 0.6 is 0 Å². The highest BCUT2D eigenvalue weighted by Gasteiger charge is 2.28. The Kier molecular flexibility index (Phi) is 2.80. The van der Waals surface area contributed by atoms with E-state index in [0.29, 0.717) is 0 Å². The van der Waals surface area contributed by atoms with Crippen LogP contribution in [0.1, 0.15) is 36.7 Å². The molecule has 1 aliphatic rings. The summed E-state index contributed by atoms with van der Waals surface area (Å²) in [5.74, 6) is 0.894. The third kappa shape index (κ3) is 1.78. The van der Waals surface area contributed by atoms with Gasteiger partial charge < -0.3 is 15.0 Å². The molecular weight excluding hydrogens is 226 g/mol. The van der Waals surface area contributed by atoms with Crippen molar-refractivity contribution in [3.05, 3.63) is 48.0 Å². The summed E-state index contributed by atoms with van der Waals surface area (Å²) in [7, 11) is 0. The van der Waals surface area contributed by atoms with Crippen LogP contribution < -0.4 is 10.5 Å². The topological polar surface area (TPSA) is 53.1 Å². The summed E-state index contributed by atoms with van der Waals surface area (Å²) in [6.45, 7) is 2.99. The minimum Gasteiger partial charge on any atom is -0.484 e. The van der Waals surface area contributed by atoms with E-state index < -0.39 is 0 Å². The summed E-state index contributed by atoms with van der Waals surface area (Å²) in [5, 5.41) is 0. The van der Waals surface area contributed by atoms with Crippen molar-refractivity contribution >= 4 is 0 Å². The highest BCUT2D eigenvalue weighted by molar-refractivity contribution is 5.38. The van der Waals surface area contributed by atoms with Crippen LogP contribution in [-0.4, -0.2) is 9.55 Å². The van der Waals surface area contributed by atoms with E-state index >= 15 is 0 Å². The molecule has 0 radical (unpaired) electrons. The van der Waals surface area contributed by atoms with Crippen molar-refractivity contribution in [2.75, 3.05) is 0 Å². The molecule has 94 valence electrons. The number of aryl methyl sites for hydroxylation is 1. The molecule has 1 aromatic carbocycles. The third-order valence-electron chi connectivity index (χ3n) is 3.47. The molecule has 0 amide bonds. The number of imidazole rings is 1. The van der Waals surface area contributed by atoms with Gasteiger partial charge in [0, 0.05) is 24.6 Å². The monoisotopic (exact) mass is 243 g/mol. The minimum atomic E-state index is -0.00245. The average Bonchev–Trinajstić information content (AvgIpc) is 2.87. The Morgan fingerprint density at radius 1 is 1.44 bits per heavy atom. The zero-order valence-corrected chi connectivity index (χ0v) is 10.4. The molecule has 1 aromatic heterocycles. The van der Waals surface area contributed by atoms with Crippen molar-refractivity contribution in [1.29, 1.82) is 0 Å². The van der Waals surface area contributed by atoms with E-state index in [9.17, 15) is 0 Å². The standard InChI is InChI=1S/C14H17N3O/c1-2-17-9-16-8-12(17)14-7-11(15)10-5-3-4-6-13(10)18-14/h3-6,8-9,11,14H,2,7,15H2,1H3/t11-,14?/m1/s1. The Labute approximate surface area is 106 Å². The van der Waals surface area contributed by atoms with Crippen LogP contribution in [0.4, 0.5) is 0 Å². The largest absolute Gasteiger partial charge is 0.484 e. The van der Waals surface area contributed by atoms with E-state index in [0.717, 1.165) is 30.0 Å². The molecule has 0 saturated carbocycles. The zero-order valence-electron chi connectivity index (χ0n) is 10.4. The maximum Gasteiger partial charge on any atom is 0.142 e. The maximum atomic E-state index is 6.22. The number of benzene rings is 1. The van der Waals surface area contributed by atoms with E-state index in [-0.39, 0.29) is 12.1 Å². The van der Waals surface area contributed by atoms with Crippen molar-refractivity contribution in [3.8, 4) is 5.75 Å². The lowest BCUT2D eigenvalue weighted by atomic mass is 9.96. The Balaban J connectivity index is 1.94. The van der Waals surface area contributed by atoms with E-state index in [1.807, 2.05) is 36.8 Å². The molecule has 0 bridgehead atoms. The first-order valence-electron chi connectivity index (χ1n) is 6.30. The van der Waals surface area contributed by atoms with Crippen molar-refractivity contribution in [2.45, 2.75) is 32.0 Å². The van der Waals surface area contributed by atoms with Crippen LogP contribution in [0, 0.1) is 0 Å². The average molecular weight is 243 g/mol. The van der Waals surface area contributed by atoms with Gasteiger partial charge in [0.25, 0.3) is 0 Å². The van der Waals surface area contributed by atoms with Crippen molar-refractivity contribution in [1.82, 2.24) is 9.55 Å². The SMILES string of the molecule is CCn1cncc1C1C[C@@H](N)c2ccccc2O1. The molecule has 4 nitrogen and oxygen atoms in total. The molecule has 2 N–H and O–H groups in total. The van der Waals surface area contributed by atoms with E-state index in [2.05, 4.69) is 16.5 Å². The number of nitrogens with zero attached hydrogens (tertiary/aromatic N) is 2. The Bertz CT molecular complexity index is 549. The summed E-state index contributed by atoms with van der Waals surface area (Å²) in [5.41, 5.74) is 8.42. The summed E-state index contributed by atoms with van der Waals surface area (Å²) in [6, 6.07) is 8.02. The molecule has 3 rings (SSSR count). The number of hydrogen-bond acceptors (Lipinski definition) is 3. The molecular formula is C14H17N3O. The molecule has 0 saturated heterocycles. The first kappa shape index (κ1) is 11.3. The van der Waals surface area contributed by atoms with Gasteiger partial charge in [-0.3, -0.25) is 0 Å². The molecule has 2 heterocycles. The Morgan fingerprint density at radius 3 is 3.11 bits per heavy atom. The summed E-state index contributed by atoms with van der Waals surface area (Å²) in [6.07, 6.45) is 4.50. The molecule has 2 atom stereocenters. The van der Waals surface area contributed by atoms with Gasteiger partial charge in [-0.05, 0) is 13.0 Å². The summed E-state index contributed by atoms with van der Waals surface area (Å²) < 4.78 is 8.15. The molecule has 0 spiro atoms. The van der Waals surface area contributed by atoms with Crippen molar-refractivity contribution < 1.29 is 4.74 Å². The molecule has 4 heteroatoms. The fourth-order valence-electron chi connectivity index (χ4n) is 2.50. The van der Waals surface area contributed by atoms with Gasteiger partial charge in [-0.25, -0.2) is 4.98 Å². The van der Waals surface area contributed by atoms with Gasteiger partial charge in [0.15, 0.2) is 0 Å². The smallest absolute Gasteiger partial charge is 0.142 e. The van der Waals surface area contributed by atoms with E-state index in [4.69, 9.17) is 10.5 Å². The number of ether oxygens (including phenoxy) is 1. The van der Waals surface area contributed by atoms with Crippen LogP contribution in [0.3, 0.4) is 0 Å². The second-order valence-electron chi connectivity index (χ2n) is 4.59. The lowest BCUT2D eigenvalue weighted by Gasteiger charge is -2.30. The van der Waals surface area contributed by atoms with Crippen LogP contribution in [-0.2, 0) is 6.54 Å². The second kappa shape index (κ2) is 4.46. The molecule has 0 fully saturated rings. The minimum absolute atomic E-state index is 0.00245. The van der Waals surface area contributed by atoms with Gasteiger partial charge in [-0.15, -0.1) is 0 Å². The predicted molar refractivity (Wildman–Crippen MR) is 69.3 cm³/mol. The summed E-state index contributed by atoms with van der Waals surface area (Å²) >= 11 is 0. The normalized spacial score (nSPS) is 22.3. The third-order valence-corrected chi connectivity index (χ3v) is 3.47. The number of rotatable bonds is 2. The molecule has 1 aliphatic heterocycles. The van der Waals surface area contributed by atoms with Crippen molar-refractivity contribution in [2.24, 2.45) is 5.73 Å². The van der Waals surface area contributed by atoms with Crippen LogP contribution in [0.2, 0.25) is 0 Å². The highest BCUT2D eigenvalue weighted by atomic mass is 16.5. The van der Waals surface area contributed by atoms with Gasteiger partial charge in [0.05, 0.1) is 18.2 Å². The second-order valence-corrected chi connectivity index (χ2v) is 4.59. The zero-order chi connectivity index (χ0) is 12.5. The van der Waals surface area contributed by atoms with E-state index in [1.165, 1.54) is 0 Å². The first-order chi connectivity index (χ1) is 8.79. The predicted octanol–water partition coefficient (Wildman–Crippen LogP) is 2.43. The molecule has 1 unspecified atom stereocenters. The van der Waals surface area contributed by atoms with Gasteiger partial charge in [0.1, 0.15) is 11.9 Å². The van der Waals surface area contributed by atoms with Crippen LogP contribution in [0.15, 0.2) is 36.8 Å². The summed E-state index contributed by atoms with van der Waals surface area (Å²) in [4.78, 5) is 4.19. The van der Waals surface area contributed by atoms with Crippen LogP contribution in [0.5, 0.6) is 5.75 Å². The fraction of sp³-hybridized carbons (Fsp3) is 0.357. The van der Waals surface area contributed by atoms with Crippen LogP contribution in [0.25, 0.3) is 0 Å². The maximum absolute atomic E-state index is 6.22. The highest BCUT2D eigenvalue weighted by Crippen LogP contribution is 2.39. The Hall–Kier alpha value is -1.81. The first-order valence-corrected chi connectivity index (χ1v) is 6.30. The lowest BCUT2D eigenvalue weighted by Crippen LogP contribution is -2.25. The Morgan fingerprint density at radius 2 is 2.28 bits per heavy atom. The lowest BCUT2D eigenvalue weighted by molar-refractivity contribution is 0.153. The fourth-order valence-corrected chi connectivity index (χ4v) is 2.50. The number of hydrogen-bond donors (Lipinski definition) is 1. The number of para-hydroxylation sites is 1.